The molecular weight excluding hydrogens is 333 g/mol. The SMILES string of the molecule is Cc1nc2nccc(-c3nc(Cc4ccc(F)cc4Cl)no3)c2[nH]1. The van der Waals surface area contributed by atoms with Crippen LogP contribution in [0.4, 0.5) is 4.39 Å². The summed E-state index contributed by atoms with van der Waals surface area (Å²) < 4.78 is 18.5. The van der Waals surface area contributed by atoms with E-state index in [1.54, 1.807) is 18.3 Å². The minimum absolute atomic E-state index is 0.330. The predicted molar refractivity (Wildman–Crippen MR) is 86.1 cm³/mol. The maximum atomic E-state index is 13.1. The highest BCUT2D eigenvalue weighted by molar-refractivity contribution is 6.31. The van der Waals surface area contributed by atoms with Gasteiger partial charge < -0.3 is 9.51 Å². The number of aromatic amines is 1. The van der Waals surface area contributed by atoms with Gasteiger partial charge in [-0.3, -0.25) is 0 Å². The first-order chi connectivity index (χ1) is 11.6. The average Bonchev–Trinajstić information content (AvgIpc) is 3.15. The molecule has 0 amide bonds. The molecular formula is C16H11ClFN5O. The molecule has 1 aromatic carbocycles. The molecule has 120 valence electrons. The number of aromatic nitrogens is 5. The highest BCUT2D eigenvalue weighted by Crippen LogP contribution is 2.26. The van der Waals surface area contributed by atoms with E-state index in [4.69, 9.17) is 16.1 Å². The highest BCUT2D eigenvalue weighted by atomic mass is 35.5. The number of H-pyrrole nitrogens is 1. The number of benzene rings is 1. The molecule has 0 unspecified atom stereocenters. The number of pyridine rings is 1. The lowest BCUT2D eigenvalue weighted by Crippen LogP contribution is -1.93. The minimum Gasteiger partial charge on any atom is -0.340 e. The van der Waals surface area contributed by atoms with Gasteiger partial charge >= 0.3 is 0 Å². The fourth-order valence-electron chi connectivity index (χ4n) is 2.48. The van der Waals surface area contributed by atoms with Crippen LogP contribution in [0.25, 0.3) is 22.6 Å². The topological polar surface area (TPSA) is 80.5 Å². The first kappa shape index (κ1) is 14.8. The quantitative estimate of drug-likeness (QED) is 0.613. The molecule has 3 aromatic heterocycles. The van der Waals surface area contributed by atoms with Gasteiger partial charge in [-0.15, -0.1) is 0 Å². The Morgan fingerprint density at radius 1 is 1.25 bits per heavy atom. The van der Waals surface area contributed by atoms with Gasteiger partial charge in [-0.2, -0.15) is 4.98 Å². The summed E-state index contributed by atoms with van der Waals surface area (Å²) >= 11 is 6.04. The fraction of sp³-hybridized carbons (Fsp3) is 0.125. The standard InChI is InChI=1S/C16H11ClFN5O/c1-8-20-14-11(4-5-19-15(14)21-8)16-22-13(23-24-16)6-9-2-3-10(18)7-12(9)17/h2-5,7H,6H2,1H3,(H,19,20,21). The number of nitrogens with one attached hydrogen (secondary N) is 1. The van der Waals surface area contributed by atoms with Crippen LogP contribution >= 0.6 is 11.6 Å². The van der Waals surface area contributed by atoms with Crippen LogP contribution in [0, 0.1) is 12.7 Å². The molecule has 1 N–H and O–H groups in total. The van der Waals surface area contributed by atoms with Gasteiger partial charge in [0.2, 0.25) is 0 Å². The van der Waals surface area contributed by atoms with Crippen molar-refractivity contribution >= 4 is 22.8 Å². The lowest BCUT2D eigenvalue weighted by Gasteiger charge is -2.00. The summed E-state index contributed by atoms with van der Waals surface area (Å²) in [6.07, 6.45) is 1.98. The van der Waals surface area contributed by atoms with Gasteiger partial charge in [0.15, 0.2) is 11.5 Å². The van der Waals surface area contributed by atoms with Gasteiger partial charge in [0.1, 0.15) is 11.6 Å². The van der Waals surface area contributed by atoms with E-state index in [1.807, 2.05) is 6.92 Å². The van der Waals surface area contributed by atoms with Crippen LogP contribution in [-0.2, 0) is 6.42 Å². The largest absolute Gasteiger partial charge is 0.340 e. The molecule has 3 heterocycles. The van der Waals surface area contributed by atoms with E-state index in [0.29, 0.717) is 28.8 Å². The summed E-state index contributed by atoms with van der Waals surface area (Å²) in [5, 5.41) is 4.30. The summed E-state index contributed by atoms with van der Waals surface area (Å²) in [5.41, 5.74) is 2.78. The summed E-state index contributed by atoms with van der Waals surface area (Å²) in [7, 11) is 0. The zero-order valence-corrected chi connectivity index (χ0v) is 13.3. The summed E-state index contributed by atoms with van der Waals surface area (Å²) in [5.74, 6) is 1.19. The van der Waals surface area contributed by atoms with Crippen molar-refractivity contribution in [1.82, 2.24) is 25.1 Å². The summed E-state index contributed by atoms with van der Waals surface area (Å²) in [6.45, 7) is 1.85. The minimum atomic E-state index is -0.383. The van der Waals surface area contributed by atoms with E-state index in [0.717, 1.165) is 22.5 Å². The Hall–Kier alpha value is -2.80. The zero-order valence-electron chi connectivity index (χ0n) is 12.5. The van der Waals surface area contributed by atoms with Crippen LogP contribution in [0.2, 0.25) is 5.02 Å². The first-order valence-corrected chi connectivity index (χ1v) is 7.56. The third-order valence-electron chi connectivity index (χ3n) is 3.57. The van der Waals surface area contributed by atoms with E-state index in [2.05, 4.69) is 25.1 Å². The molecule has 0 fully saturated rings. The van der Waals surface area contributed by atoms with Gasteiger partial charge in [-0.1, -0.05) is 22.8 Å². The number of aryl methyl sites for hydroxylation is 1. The number of hydrogen-bond acceptors (Lipinski definition) is 5. The number of hydrogen-bond donors (Lipinski definition) is 1. The third-order valence-corrected chi connectivity index (χ3v) is 3.92. The molecule has 24 heavy (non-hydrogen) atoms. The second kappa shape index (κ2) is 5.68. The van der Waals surface area contributed by atoms with E-state index >= 15 is 0 Å². The maximum Gasteiger partial charge on any atom is 0.260 e. The van der Waals surface area contributed by atoms with Crippen molar-refractivity contribution in [3.05, 3.63) is 58.5 Å². The molecule has 0 aliphatic rings. The van der Waals surface area contributed by atoms with E-state index in [-0.39, 0.29) is 5.82 Å². The lowest BCUT2D eigenvalue weighted by atomic mass is 10.1. The van der Waals surface area contributed by atoms with Crippen LogP contribution in [0.3, 0.4) is 0 Å². The van der Waals surface area contributed by atoms with Crippen molar-refractivity contribution in [2.45, 2.75) is 13.3 Å². The Bertz CT molecular complexity index is 1040. The van der Waals surface area contributed by atoms with Gasteiger partial charge in [0.25, 0.3) is 5.89 Å². The van der Waals surface area contributed by atoms with Crippen molar-refractivity contribution in [3.63, 3.8) is 0 Å². The number of fused-ring (bicyclic) bond motifs is 1. The van der Waals surface area contributed by atoms with Gasteiger partial charge in [-0.05, 0) is 30.7 Å². The van der Waals surface area contributed by atoms with Crippen LogP contribution in [0.5, 0.6) is 0 Å². The van der Waals surface area contributed by atoms with Gasteiger partial charge in [0, 0.05) is 17.6 Å². The monoisotopic (exact) mass is 343 g/mol. The molecule has 0 aliphatic heterocycles. The Kier molecular flexibility index (Phi) is 3.50. The number of nitrogens with zero attached hydrogens (tertiary/aromatic N) is 4. The Morgan fingerprint density at radius 2 is 2.12 bits per heavy atom. The molecule has 0 bridgehead atoms. The van der Waals surface area contributed by atoms with E-state index in [1.165, 1.54) is 12.1 Å². The van der Waals surface area contributed by atoms with Crippen LogP contribution in [0.15, 0.2) is 35.0 Å². The molecule has 0 saturated heterocycles. The van der Waals surface area contributed by atoms with Crippen molar-refractivity contribution in [2.75, 3.05) is 0 Å². The van der Waals surface area contributed by atoms with E-state index < -0.39 is 0 Å². The van der Waals surface area contributed by atoms with Crippen molar-refractivity contribution in [3.8, 4) is 11.5 Å². The van der Waals surface area contributed by atoms with Crippen molar-refractivity contribution in [1.29, 1.82) is 0 Å². The number of imidazole rings is 1. The lowest BCUT2D eigenvalue weighted by molar-refractivity contribution is 0.424. The normalized spacial score (nSPS) is 11.3. The Labute approximate surface area is 140 Å². The van der Waals surface area contributed by atoms with Crippen LogP contribution in [-0.4, -0.2) is 25.1 Å². The van der Waals surface area contributed by atoms with Crippen LogP contribution in [0.1, 0.15) is 17.2 Å². The second-order valence-electron chi connectivity index (χ2n) is 5.31. The van der Waals surface area contributed by atoms with Crippen molar-refractivity contribution in [2.24, 2.45) is 0 Å². The smallest absolute Gasteiger partial charge is 0.260 e. The molecule has 0 aliphatic carbocycles. The predicted octanol–water partition coefficient (Wildman–Crippen LogP) is 3.70. The molecule has 6 nitrogen and oxygen atoms in total. The molecule has 0 spiro atoms. The molecule has 0 saturated carbocycles. The molecule has 4 rings (SSSR count). The van der Waals surface area contributed by atoms with Crippen molar-refractivity contribution < 1.29 is 8.91 Å². The highest BCUT2D eigenvalue weighted by Gasteiger charge is 2.15. The zero-order chi connectivity index (χ0) is 16.7. The third kappa shape index (κ3) is 2.63. The summed E-state index contributed by atoms with van der Waals surface area (Å²) in [6, 6.07) is 6.00. The second-order valence-corrected chi connectivity index (χ2v) is 5.71. The van der Waals surface area contributed by atoms with E-state index in [9.17, 15) is 4.39 Å². The molecule has 0 radical (unpaired) electrons. The molecule has 8 heteroatoms. The Balaban J connectivity index is 1.69. The number of rotatable bonds is 3. The maximum absolute atomic E-state index is 13.1. The fourth-order valence-corrected chi connectivity index (χ4v) is 2.71. The summed E-state index contributed by atoms with van der Waals surface area (Å²) in [4.78, 5) is 16.0. The average molecular weight is 344 g/mol. The number of halogens is 2. The molecule has 0 atom stereocenters. The van der Waals surface area contributed by atoms with Crippen LogP contribution < -0.4 is 0 Å². The van der Waals surface area contributed by atoms with Gasteiger partial charge in [-0.25, -0.2) is 14.4 Å². The first-order valence-electron chi connectivity index (χ1n) is 7.18. The Morgan fingerprint density at radius 3 is 2.96 bits per heavy atom. The van der Waals surface area contributed by atoms with Gasteiger partial charge in [0.05, 0.1) is 11.1 Å². The molecule has 4 aromatic rings.